The van der Waals surface area contributed by atoms with Crippen LogP contribution in [0.5, 0.6) is 5.75 Å². The number of carbonyl (C=O) groups is 1. The highest BCUT2D eigenvalue weighted by Crippen LogP contribution is 2.30. The van der Waals surface area contributed by atoms with Crippen LogP contribution >= 0.6 is 0 Å². The summed E-state index contributed by atoms with van der Waals surface area (Å²) in [4.78, 5) is 11.8. The van der Waals surface area contributed by atoms with Gasteiger partial charge in [-0.05, 0) is 37.5 Å². The minimum Gasteiger partial charge on any atom is -0.493 e. The number of nitrogens with one attached hydrogen (secondary N) is 1. The lowest BCUT2D eigenvalue weighted by atomic mass is 9.96. The number of ether oxygens (including phenoxy) is 2. The van der Waals surface area contributed by atoms with E-state index in [-0.39, 0.29) is 12.0 Å². The summed E-state index contributed by atoms with van der Waals surface area (Å²) in [5, 5.41) is 3.39. The van der Waals surface area contributed by atoms with E-state index in [1.165, 1.54) is 18.2 Å². The Bertz CT molecular complexity index is 496. The average Bonchev–Trinajstić information content (AvgIpc) is 2.91. The van der Waals surface area contributed by atoms with Crippen LogP contribution < -0.4 is 10.1 Å². The van der Waals surface area contributed by atoms with Crippen molar-refractivity contribution >= 4 is 5.97 Å². The molecule has 4 nitrogen and oxygen atoms in total. The third kappa shape index (κ3) is 2.96. The molecule has 1 N–H and O–H groups in total. The van der Waals surface area contributed by atoms with Crippen molar-refractivity contribution in [3.8, 4) is 5.75 Å². The molecule has 1 heterocycles. The standard InChI is InChI=1S/C16H23NO3/c1-5-13(17-16(2,3)15(18)19-4)11-6-7-14-12(10-11)8-9-20-14/h6-7,10,13,17H,5,8-9H2,1-4H3. The van der Waals surface area contributed by atoms with E-state index in [0.717, 1.165) is 25.2 Å². The van der Waals surface area contributed by atoms with Gasteiger partial charge in [0.2, 0.25) is 0 Å². The van der Waals surface area contributed by atoms with Crippen molar-refractivity contribution in [1.29, 1.82) is 0 Å². The Hall–Kier alpha value is -1.55. The molecule has 0 saturated carbocycles. The fourth-order valence-electron chi connectivity index (χ4n) is 2.59. The predicted octanol–water partition coefficient (Wildman–Crippen LogP) is 2.61. The van der Waals surface area contributed by atoms with E-state index in [1.807, 2.05) is 19.9 Å². The SMILES string of the molecule is CCC(NC(C)(C)C(=O)OC)c1ccc2c(c1)CCO2. The van der Waals surface area contributed by atoms with Crippen molar-refractivity contribution in [1.82, 2.24) is 5.32 Å². The van der Waals surface area contributed by atoms with Crippen molar-refractivity contribution in [2.24, 2.45) is 0 Å². The van der Waals surface area contributed by atoms with Gasteiger partial charge in [0.15, 0.2) is 0 Å². The first kappa shape index (κ1) is 14.9. The van der Waals surface area contributed by atoms with Gasteiger partial charge < -0.3 is 9.47 Å². The van der Waals surface area contributed by atoms with Crippen LogP contribution in [0.25, 0.3) is 0 Å². The first-order chi connectivity index (χ1) is 9.47. The fourth-order valence-corrected chi connectivity index (χ4v) is 2.59. The molecule has 0 saturated heterocycles. The Kier molecular flexibility index (Phi) is 4.33. The van der Waals surface area contributed by atoms with Crippen LogP contribution in [0.1, 0.15) is 44.4 Å². The van der Waals surface area contributed by atoms with Gasteiger partial charge in [0.05, 0.1) is 13.7 Å². The van der Waals surface area contributed by atoms with Crippen LogP contribution in [0.2, 0.25) is 0 Å². The van der Waals surface area contributed by atoms with Crippen LogP contribution in [0.4, 0.5) is 0 Å². The van der Waals surface area contributed by atoms with Gasteiger partial charge in [0.25, 0.3) is 0 Å². The van der Waals surface area contributed by atoms with E-state index in [1.54, 1.807) is 0 Å². The molecule has 1 aromatic rings. The molecule has 110 valence electrons. The molecule has 1 aliphatic heterocycles. The third-order valence-electron chi connectivity index (χ3n) is 3.75. The molecular weight excluding hydrogens is 254 g/mol. The molecule has 0 aromatic heterocycles. The number of rotatable bonds is 5. The summed E-state index contributed by atoms with van der Waals surface area (Å²) in [5.41, 5.74) is 1.73. The normalized spacial score (nSPS) is 15.4. The van der Waals surface area contributed by atoms with Gasteiger partial charge in [-0.3, -0.25) is 10.1 Å². The average molecular weight is 277 g/mol. The number of methoxy groups -OCH3 is 1. The summed E-state index contributed by atoms with van der Waals surface area (Å²) in [6, 6.07) is 6.39. The van der Waals surface area contributed by atoms with Crippen LogP contribution in [0, 0.1) is 0 Å². The van der Waals surface area contributed by atoms with Gasteiger partial charge in [-0.2, -0.15) is 0 Å². The van der Waals surface area contributed by atoms with Crippen LogP contribution in [0.15, 0.2) is 18.2 Å². The Morgan fingerprint density at radius 1 is 1.50 bits per heavy atom. The minimum atomic E-state index is -0.703. The number of hydrogen-bond donors (Lipinski definition) is 1. The first-order valence-corrected chi connectivity index (χ1v) is 7.09. The molecular formula is C16H23NO3. The quantitative estimate of drug-likeness (QED) is 0.840. The summed E-state index contributed by atoms with van der Waals surface area (Å²) in [7, 11) is 1.42. The van der Waals surface area contributed by atoms with Crippen molar-refractivity contribution in [2.75, 3.05) is 13.7 Å². The van der Waals surface area contributed by atoms with Crippen molar-refractivity contribution in [3.63, 3.8) is 0 Å². The monoisotopic (exact) mass is 277 g/mol. The van der Waals surface area contributed by atoms with E-state index in [0.29, 0.717) is 0 Å². The second-order valence-corrected chi connectivity index (χ2v) is 5.69. The molecule has 0 aliphatic carbocycles. The van der Waals surface area contributed by atoms with E-state index in [2.05, 4.69) is 24.4 Å². The molecule has 1 aromatic carbocycles. The lowest BCUT2D eigenvalue weighted by Gasteiger charge is -2.29. The largest absolute Gasteiger partial charge is 0.493 e. The number of hydrogen-bond acceptors (Lipinski definition) is 4. The second-order valence-electron chi connectivity index (χ2n) is 5.69. The number of carbonyl (C=O) groups excluding carboxylic acids is 1. The van der Waals surface area contributed by atoms with E-state index < -0.39 is 5.54 Å². The number of fused-ring (bicyclic) bond motifs is 1. The number of esters is 1. The molecule has 1 unspecified atom stereocenters. The van der Waals surface area contributed by atoms with Gasteiger partial charge in [-0.25, -0.2) is 0 Å². The maximum Gasteiger partial charge on any atom is 0.325 e. The molecule has 0 spiro atoms. The zero-order valence-electron chi connectivity index (χ0n) is 12.7. The lowest BCUT2D eigenvalue weighted by molar-refractivity contribution is -0.147. The molecule has 20 heavy (non-hydrogen) atoms. The van der Waals surface area contributed by atoms with Gasteiger partial charge in [-0.1, -0.05) is 19.1 Å². The van der Waals surface area contributed by atoms with Crippen LogP contribution in [0.3, 0.4) is 0 Å². The number of benzene rings is 1. The van der Waals surface area contributed by atoms with Gasteiger partial charge in [0, 0.05) is 12.5 Å². The second kappa shape index (κ2) is 5.83. The smallest absolute Gasteiger partial charge is 0.325 e. The fraction of sp³-hybridized carbons (Fsp3) is 0.562. The highest BCUT2D eigenvalue weighted by molar-refractivity contribution is 5.79. The molecule has 0 bridgehead atoms. The Labute approximate surface area is 120 Å². The Morgan fingerprint density at radius 3 is 2.90 bits per heavy atom. The molecule has 1 aliphatic rings. The molecule has 0 radical (unpaired) electrons. The van der Waals surface area contributed by atoms with Crippen LogP contribution in [-0.4, -0.2) is 25.2 Å². The van der Waals surface area contributed by atoms with Gasteiger partial charge >= 0.3 is 5.97 Å². The third-order valence-corrected chi connectivity index (χ3v) is 3.75. The Balaban J connectivity index is 2.18. The molecule has 0 amide bonds. The molecule has 2 rings (SSSR count). The predicted molar refractivity (Wildman–Crippen MR) is 77.9 cm³/mol. The summed E-state index contributed by atoms with van der Waals surface area (Å²) in [6.07, 6.45) is 1.86. The summed E-state index contributed by atoms with van der Waals surface area (Å²) < 4.78 is 10.4. The minimum absolute atomic E-state index is 0.120. The molecule has 4 heteroatoms. The zero-order chi connectivity index (χ0) is 14.8. The maximum absolute atomic E-state index is 11.8. The summed E-state index contributed by atoms with van der Waals surface area (Å²) in [6.45, 7) is 6.56. The van der Waals surface area contributed by atoms with Gasteiger partial charge in [0.1, 0.15) is 11.3 Å². The summed E-state index contributed by atoms with van der Waals surface area (Å²) in [5.74, 6) is 0.733. The van der Waals surface area contributed by atoms with Crippen molar-refractivity contribution in [3.05, 3.63) is 29.3 Å². The first-order valence-electron chi connectivity index (χ1n) is 7.09. The van der Waals surface area contributed by atoms with Crippen molar-refractivity contribution < 1.29 is 14.3 Å². The summed E-state index contributed by atoms with van der Waals surface area (Å²) >= 11 is 0. The molecule has 1 atom stereocenters. The van der Waals surface area contributed by atoms with Crippen molar-refractivity contribution in [2.45, 2.75) is 45.2 Å². The zero-order valence-corrected chi connectivity index (χ0v) is 12.7. The maximum atomic E-state index is 11.8. The Morgan fingerprint density at radius 2 is 2.25 bits per heavy atom. The van der Waals surface area contributed by atoms with E-state index in [4.69, 9.17) is 9.47 Å². The van der Waals surface area contributed by atoms with E-state index in [9.17, 15) is 4.79 Å². The highest BCUT2D eigenvalue weighted by atomic mass is 16.5. The van der Waals surface area contributed by atoms with Gasteiger partial charge in [-0.15, -0.1) is 0 Å². The highest BCUT2D eigenvalue weighted by Gasteiger charge is 2.31. The molecule has 0 fully saturated rings. The van der Waals surface area contributed by atoms with Crippen LogP contribution in [-0.2, 0) is 16.0 Å². The lowest BCUT2D eigenvalue weighted by Crippen LogP contribution is -2.48. The topological polar surface area (TPSA) is 47.6 Å². The van der Waals surface area contributed by atoms with E-state index >= 15 is 0 Å².